The summed E-state index contributed by atoms with van der Waals surface area (Å²) in [4.78, 5) is 13.6. The van der Waals surface area contributed by atoms with Gasteiger partial charge in [0.05, 0.1) is 22.9 Å². The van der Waals surface area contributed by atoms with Crippen molar-refractivity contribution in [3.05, 3.63) is 65.5 Å². The van der Waals surface area contributed by atoms with E-state index >= 15 is 0 Å². The number of thiophene rings is 1. The monoisotopic (exact) mass is 494 g/mol. The fraction of sp³-hybridized carbons (Fsp3) is 0.208. The second-order valence-electron chi connectivity index (χ2n) is 7.30. The highest BCUT2D eigenvalue weighted by atomic mass is 32.2. The maximum atomic E-state index is 12.6. The van der Waals surface area contributed by atoms with Crippen LogP contribution in [-0.4, -0.2) is 39.8 Å². The number of benzene rings is 2. The predicted octanol–water partition coefficient (Wildman–Crippen LogP) is 4.53. The number of hydrogen-bond donors (Lipinski definition) is 1. The Bertz CT molecular complexity index is 1270. The number of carbonyl (C=O) groups is 1. The minimum atomic E-state index is -0.0958. The van der Waals surface area contributed by atoms with E-state index in [9.17, 15) is 4.79 Å². The van der Waals surface area contributed by atoms with Crippen LogP contribution in [0.15, 0.2) is 65.1 Å². The minimum absolute atomic E-state index is 0.0958. The molecule has 1 amide bonds. The van der Waals surface area contributed by atoms with Gasteiger partial charge in [-0.1, -0.05) is 23.9 Å². The largest absolute Gasteiger partial charge is 0.494 e. The first-order chi connectivity index (χ1) is 16.7. The molecule has 0 saturated carbocycles. The van der Waals surface area contributed by atoms with Gasteiger partial charge in [-0.05, 0) is 60.3 Å². The SMILES string of the molecule is CCOc1ccc(-n2c(SCC(=O)NCc3ccc4c(c3)OCO4)nnc2-c2cccs2)cc1. The first-order valence-corrected chi connectivity index (χ1v) is 12.6. The summed E-state index contributed by atoms with van der Waals surface area (Å²) in [5.41, 5.74) is 1.85. The molecule has 2 aromatic heterocycles. The van der Waals surface area contributed by atoms with Crippen molar-refractivity contribution in [1.82, 2.24) is 20.1 Å². The molecule has 4 aromatic rings. The topological polar surface area (TPSA) is 87.5 Å². The Balaban J connectivity index is 1.29. The molecule has 0 unspecified atom stereocenters. The maximum absolute atomic E-state index is 12.6. The summed E-state index contributed by atoms with van der Waals surface area (Å²) in [6.45, 7) is 3.19. The molecule has 5 rings (SSSR count). The van der Waals surface area contributed by atoms with E-state index in [4.69, 9.17) is 14.2 Å². The molecule has 0 fully saturated rings. The molecule has 174 valence electrons. The van der Waals surface area contributed by atoms with E-state index in [0.29, 0.717) is 24.1 Å². The average Bonchev–Trinajstić information content (AvgIpc) is 3.62. The summed E-state index contributed by atoms with van der Waals surface area (Å²) in [7, 11) is 0. The van der Waals surface area contributed by atoms with Gasteiger partial charge in [0, 0.05) is 6.54 Å². The fourth-order valence-electron chi connectivity index (χ4n) is 3.45. The first kappa shape index (κ1) is 22.3. The molecule has 1 aliphatic heterocycles. The second-order valence-corrected chi connectivity index (χ2v) is 9.19. The van der Waals surface area contributed by atoms with Crippen LogP contribution in [0.4, 0.5) is 0 Å². The van der Waals surface area contributed by atoms with E-state index < -0.39 is 0 Å². The van der Waals surface area contributed by atoms with E-state index in [0.717, 1.165) is 33.5 Å². The number of hydrogen-bond acceptors (Lipinski definition) is 8. The van der Waals surface area contributed by atoms with Crippen molar-refractivity contribution in [2.45, 2.75) is 18.6 Å². The van der Waals surface area contributed by atoms with Gasteiger partial charge in [0.1, 0.15) is 5.75 Å². The van der Waals surface area contributed by atoms with Gasteiger partial charge < -0.3 is 19.5 Å². The Kier molecular flexibility index (Phi) is 6.68. The zero-order valence-corrected chi connectivity index (χ0v) is 20.0. The zero-order chi connectivity index (χ0) is 23.3. The molecule has 8 nitrogen and oxygen atoms in total. The highest BCUT2D eigenvalue weighted by molar-refractivity contribution is 7.99. The van der Waals surface area contributed by atoms with Crippen LogP contribution in [0, 0.1) is 0 Å². The molecule has 0 spiro atoms. The summed E-state index contributed by atoms with van der Waals surface area (Å²) in [5.74, 6) is 3.08. The summed E-state index contributed by atoms with van der Waals surface area (Å²) in [6, 6.07) is 17.4. The Morgan fingerprint density at radius 3 is 2.79 bits per heavy atom. The van der Waals surface area contributed by atoms with Gasteiger partial charge in [0.15, 0.2) is 22.5 Å². The van der Waals surface area contributed by atoms with Crippen molar-refractivity contribution in [3.63, 3.8) is 0 Å². The summed E-state index contributed by atoms with van der Waals surface area (Å²) >= 11 is 2.94. The van der Waals surface area contributed by atoms with Crippen molar-refractivity contribution >= 4 is 29.0 Å². The molecule has 3 heterocycles. The van der Waals surface area contributed by atoms with Crippen LogP contribution in [0.2, 0.25) is 0 Å². The summed E-state index contributed by atoms with van der Waals surface area (Å²) in [6.07, 6.45) is 0. The normalized spacial score (nSPS) is 12.0. The number of aromatic nitrogens is 3. The Morgan fingerprint density at radius 1 is 1.15 bits per heavy atom. The lowest BCUT2D eigenvalue weighted by Crippen LogP contribution is -2.24. The Morgan fingerprint density at radius 2 is 2.00 bits per heavy atom. The fourth-order valence-corrected chi connectivity index (χ4v) is 4.93. The van der Waals surface area contributed by atoms with Gasteiger partial charge in [0.2, 0.25) is 12.7 Å². The molecular formula is C24H22N4O4S2. The van der Waals surface area contributed by atoms with Crippen LogP contribution >= 0.6 is 23.1 Å². The van der Waals surface area contributed by atoms with Crippen LogP contribution in [0.25, 0.3) is 16.4 Å². The van der Waals surface area contributed by atoms with E-state index in [1.165, 1.54) is 11.8 Å². The van der Waals surface area contributed by atoms with Crippen molar-refractivity contribution in [2.24, 2.45) is 0 Å². The van der Waals surface area contributed by atoms with Crippen LogP contribution in [0.5, 0.6) is 17.2 Å². The average molecular weight is 495 g/mol. The van der Waals surface area contributed by atoms with Crippen LogP contribution in [0.1, 0.15) is 12.5 Å². The van der Waals surface area contributed by atoms with E-state index in [2.05, 4.69) is 15.5 Å². The quantitative estimate of drug-likeness (QED) is 0.342. The smallest absolute Gasteiger partial charge is 0.231 e. The van der Waals surface area contributed by atoms with Gasteiger partial charge in [-0.15, -0.1) is 21.5 Å². The van der Waals surface area contributed by atoms with Gasteiger partial charge in [-0.25, -0.2) is 0 Å². The maximum Gasteiger partial charge on any atom is 0.231 e. The number of rotatable bonds is 9. The van der Waals surface area contributed by atoms with Gasteiger partial charge in [-0.2, -0.15) is 0 Å². The molecular weight excluding hydrogens is 472 g/mol. The molecule has 0 saturated heterocycles. The Labute approximate surface area is 204 Å². The third kappa shape index (κ3) is 4.87. The van der Waals surface area contributed by atoms with Gasteiger partial charge in [0.25, 0.3) is 0 Å². The molecule has 1 aliphatic rings. The molecule has 0 atom stereocenters. The van der Waals surface area contributed by atoms with E-state index in [1.807, 2.05) is 71.5 Å². The molecule has 1 N–H and O–H groups in total. The van der Waals surface area contributed by atoms with Crippen molar-refractivity contribution in [1.29, 1.82) is 0 Å². The summed E-state index contributed by atoms with van der Waals surface area (Å²) in [5, 5.41) is 14.4. The Hall–Kier alpha value is -3.50. The van der Waals surface area contributed by atoms with Crippen LogP contribution in [0.3, 0.4) is 0 Å². The molecule has 34 heavy (non-hydrogen) atoms. The van der Waals surface area contributed by atoms with Crippen molar-refractivity contribution in [3.8, 4) is 33.6 Å². The lowest BCUT2D eigenvalue weighted by Gasteiger charge is -2.11. The highest BCUT2D eigenvalue weighted by Gasteiger charge is 2.18. The van der Waals surface area contributed by atoms with Crippen LogP contribution in [-0.2, 0) is 11.3 Å². The molecule has 0 radical (unpaired) electrons. The second kappa shape index (κ2) is 10.2. The number of nitrogens with zero attached hydrogens (tertiary/aromatic N) is 3. The van der Waals surface area contributed by atoms with E-state index in [-0.39, 0.29) is 18.5 Å². The number of nitrogens with one attached hydrogen (secondary N) is 1. The number of ether oxygens (including phenoxy) is 3. The number of amides is 1. The molecule has 0 aliphatic carbocycles. The van der Waals surface area contributed by atoms with Crippen molar-refractivity contribution in [2.75, 3.05) is 19.2 Å². The number of thioether (sulfide) groups is 1. The van der Waals surface area contributed by atoms with Gasteiger partial charge in [-0.3, -0.25) is 9.36 Å². The number of fused-ring (bicyclic) bond motifs is 1. The lowest BCUT2D eigenvalue weighted by molar-refractivity contribution is -0.118. The lowest BCUT2D eigenvalue weighted by atomic mass is 10.2. The first-order valence-electron chi connectivity index (χ1n) is 10.7. The zero-order valence-electron chi connectivity index (χ0n) is 18.4. The summed E-state index contributed by atoms with van der Waals surface area (Å²) < 4.78 is 18.3. The van der Waals surface area contributed by atoms with E-state index in [1.54, 1.807) is 11.3 Å². The third-order valence-electron chi connectivity index (χ3n) is 5.04. The van der Waals surface area contributed by atoms with Crippen LogP contribution < -0.4 is 19.5 Å². The molecule has 2 aromatic carbocycles. The molecule has 0 bridgehead atoms. The van der Waals surface area contributed by atoms with Gasteiger partial charge >= 0.3 is 0 Å². The predicted molar refractivity (Wildman–Crippen MR) is 131 cm³/mol. The van der Waals surface area contributed by atoms with Crippen molar-refractivity contribution < 1.29 is 19.0 Å². The third-order valence-corrected chi connectivity index (χ3v) is 6.83. The number of carbonyl (C=O) groups excluding carboxylic acids is 1. The molecule has 10 heteroatoms. The highest BCUT2D eigenvalue weighted by Crippen LogP contribution is 2.33. The minimum Gasteiger partial charge on any atom is -0.494 e. The standard InChI is InChI=1S/C24H22N4O4S2/c1-2-30-18-8-6-17(7-9-18)28-23(21-4-3-11-33-21)26-27-24(28)34-14-22(29)25-13-16-5-10-19-20(12-16)32-15-31-19/h3-12H,2,13-15H2,1H3,(H,25,29).